The number of aromatic nitrogens is 6. The van der Waals surface area contributed by atoms with Crippen molar-refractivity contribution >= 4 is 77.7 Å². The molecule has 20 aromatic rings. The highest BCUT2D eigenvalue weighted by Gasteiger charge is 2.21. The van der Waals surface area contributed by atoms with Gasteiger partial charge in [0.05, 0.1) is 22.1 Å². The van der Waals surface area contributed by atoms with Gasteiger partial charge in [-0.2, -0.15) is 0 Å². The van der Waals surface area contributed by atoms with Crippen LogP contribution in [0.15, 0.2) is 437 Å². The monoisotopic (exact) mass is 1430 g/mol. The molecule has 0 fully saturated rings. The lowest BCUT2D eigenvalue weighted by Crippen LogP contribution is -2.09. The molecule has 0 saturated carbocycles. The van der Waals surface area contributed by atoms with Gasteiger partial charge in [-0.15, -0.1) is 0 Å². The van der Waals surface area contributed by atoms with Gasteiger partial charge >= 0.3 is 0 Å². The first-order chi connectivity index (χ1) is 55.5. The van der Waals surface area contributed by atoms with Gasteiger partial charge < -0.3 is 9.80 Å². The van der Waals surface area contributed by atoms with Crippen molar-refractivity contribution in [3.05, 3.63) is 437 Å². The second-order valence-electron chi connectivity index (χ2n) is 27.8. The van der Waals surface area contributed by atoms with Crippen molar-refractivity contribution in [1.82, 2.24) is 29.1 Å². The van der Waals surface area contributed by atoms with Crippen molar-refractivity contribution in [3.63, 3.8) is 0 Å². The Kier molecular flexibility index (Phi) is 18.2. The number of anilines is 6. The second-order valence-corrected chi connectivity index (χ2v) is 27.8. The van der Waals surface area contributed by atoms with E-state index in [4.69, 9.17) is 0 Å². The van der Waals surface area contributed by atoms with E-state index in [1.54, 1.807) is 24.8 Å². The molecule has 0 amide bonds. The second kappa shape index (κ2) is 30.3. The van der Waals surface area contributed by atoms with Crippen LogP contribution in [-0.2, 0) is 0 Å². The third kappa shape index (κ3) is 13.5. The Morgan fingerprint density at radius 2 is 0.366 bits per heavy atom. The molecule has 8 heteroatoms. The summed E-state index contributed by atoms with van der Waals surface area (Å²) in [5.74, 6) is 1.32. The third-order valence-electron chi connectivity index (χ3n) is 21.1. The van der Waals surface area contributed by atoms with Gasteiger partial charge in [-0.3, -0.25) is 9.13 Å². The summed E-state index contributed by atoms with van der Waals surface area (Å²) < 4.78 is 4.33. The van der Waals surface area contributed by atoms with Crippen LogP contribution in [-0.4, -0.2) is 29.1 Å². The summed E-state index contributed by atoms with van der Waals surface area (Å²) in [5, 5.41) is 4.70. The molecule has 0 saturated heterocycles. The van der Waals surface area contributed by atoms with Crippen molar-refractivity contribution in [2.45, 2.75) is 0 Å². The highest BCUT2D eigenvalue weighted by Crippen LogP contribution is 2.43. The summed E-state index contributed by atoms with van der Waals surface area (Å²) in [5.41, 5.74) is 29.7. The molecule has 0 radical (unpaired) electrons. The molecule has 4 aromatic heterocycles. The van der Waals surface area contributed by atoms with Crippen LogP contribution in [0.1, 0.15) is 0 Å². The number of para-hydroxylation sites is 1. The molecular weight excluding hydrogens is 1360 g/mol. The van der Waals surface area contributed by atoms with Crippen molar-refractivity contribution in [3.8, 4) is 101 Å². The number of hydrogen-bond acceptors (Lipinski definition) is 6. The predicted molar refractivity (Wildman–Crippen MR) is 466 cm³/mol. The molecule has 0 unspecified atom stereocenters. The predicted octanol–water partition coefficient (Wildman–Crippen LogP) is 27.4. The van der Waals surface area contributed by atoms with Crippen molar-refractivity contribution in [2.75, 3.05) is 9.80 Å². The molecule has 20 rings (SSSR count). The Morgan fingerprint density at radius 1 is 0.152 bits per heavy atom. The van der Waals surface area contributed by atoms with E-state index in [0.717, 1.165) is 89.4 Å². The Balaban J connectivity index is 0.000000151. The Bertz CT molecular complexity index is 6460. The zero-order valence-corrected chi connectivity index (χ0v) is 61.1. The number of benzene rings is 16. The van der Waals surface area contributed by atoms with Crippen LogP contribution in [0, 0.1) is 0 Å². The van der Waals surface area contributed by atoms with Crippen LogP contribution in [0.3, 0.4) is 0 Å². The van der Waals surface area contributed by atoms with E-state index in [0.29, 0.717) is 11.9 Å². The van der Waals surface area contributed by atoms with Gasteiger partial charge in [0.2, 0.25) is 11.9 Å². The molecule has 0 bridgehead atoms. The highest BCUT2D eigenvalue weighted by molar-refractivity contribution is 6.12. The maximum Gasteiger partial charge on any atom is 0.234 e. The normalized spacial score (nSPS) is 11.2. The lowest BCUT2D eigenvalue weighted by Gasteiger charge is -2.26. The quantitative estimate of drug-likeness (QED) is 0.0960. The lowest BCUT2D eigenvalue weighted by atomic mass is 9.99. The van der Waals surface area contributed by atoms with E-state index in [1.807, 2.05) is 12.1 Å². The molecule has 0 N–H and O–H groups in total. The first-order valence-electron chi connectivity index (χ1n) is 37.8. The number of rotatable bonds is 16. The van der Waals surface area contributed by atoms with Crippen LogP contribution in [0.25, 0.3) is 145 Å². The standard InChI is InChI=1S/2C52H36N4/c1-4-11-37(12-5-1)40-17-25-45(26-18-40)55(46-27-19-41(20-28-46)38-13-6-2-7-14-38)47-29-21-42(22-30-47)44-23-31-48-49-35-43(39-15-8-3-9-16-39)24-32-50(49)56(51(48)36-44)52-53-33-10-34-54-52;1-3-10-37(11-4-1)40-20-27-45(28-21-40)55(46-29-22-41(23-30-46)38-12-5-2-6-13-38)47-31-24-42(25-32-47)39-16-18-43(19-17-39)44-26-33-49-48-14-7-8-15-50(48)56(51(49)36-44)52-53-34-9-35-54-52/h2*1-36H. The molecule has 0 spiro atoms. The fourth-order valence-corrected chi connectivity index (χ4v) is 15.5. The van der Waals surface area contributed by atoms with Gasteiger partial charge in [0.1, 0.15) is 0 Å². The summed E-state index contributed by atoms with van der Waals surface area (Å²) in [6.07, 6.45) is 7.19. The van der Waals surface area contributed by atoms with Gasteiger partial charge in [0.15, 0.2) is 0 Å². The van der Waals surface area contributed by atoms with E-state index in [2.05, 4.69) is 439 Å². The molecular formula is C104H72N8. The van der Waals surface area contributed by atoms with Gasteiger partial charge in [-0.25, -0.2) is 19.9 Å². The van der Waals surface area contributed by atoms with Gasteiger partial charge in [0.25, 0.3) is 0 Å². The van der Waals surface area contributed by atoms with Gasteiger partial charge in [-0.05, 0) is 204 Å². The first kappa shape index (κ1) is 67.5. The Hall–Kier alpha value is -15.1. The third-order valence-corrected chi connectivity index (χ3v) is 21.1. The SMILES string of the molecule is c1ccc(-c2ccc(N(c3ccc(-c4ccccc4)cc3)c3ccc(-c4ccc(-c5ccc6c7ccccc7n(-c7ncccn7)c6c5)cc4)cc3)cc2)cc1.c1ccc(-c2ccc(N(c3ccc(-c4ccccc4)cc3)c3ccc(-c4ccc5c6cc(-c7ccccc7)ccc6n(-c6ncccn6)c5c4)cc3)cc2)cc1. The summed E-state index contributed by atoms with van der Waals surface area (Å²) >= 11 is 0. The Labute approximate surface area is 650 Å². The van der Waals surface area contributed by atoms with Crippen molar-refractivity contribution in [1.29, 1.82) is 0 Å². The lowest BCUT2D eigenvalue weighted by molar-refractivity contribution is 0.988. The van der Waals surface area contributed by atoms with E-state index in [-0.39, 0.29) is 0 Å². The molecule has 0 aliphatic carbocycles. The average molecular weight is 1430 g/mol. The van der Waals surface area contributed by atoms with Crippen LogP contribution >= 0.6 is 0 Å². The van der Waals surface area contributed by atoms with Crippen molar-refractivity contribution < 1.29 is 0 Å². The molecule has 16 aromatic carbocycles. The minimum absolute atomic E-state index is 0.652. The summed E-state index contributed by atoms with van der Waals surface area (Å²) in [7, 11) is 0. The van der Waals surface area contributed by atoms with E-state index >= 15 is 0 Å². The van der Waals surface area contributed by atoms with Crippen molar-refractivity contribution in [2.24, 2.45) is 0 Å². The summed E-state index contributed by atoms with van der Waals surface area (Å²) in [4.78, 5) is 23.2. The van der Waals surface area contributed by atoms with Crippen LogP contribution in [0.2, 0.25) is 0 Å². The van der Waals surface area contributed by atoms with E-state index < -0.39 is 0 Å². The molecule has 4 heterocycles. The van der Waals surface area contributed by atoms with E-state index in [9.17, 15) is 0 Å². The minimum Gasteiger partial charge on any atom is -0.311 e. The fraction of sp³-hybridized carbons (Fsp3) is 0. The topological polar surface area (TPSA) is 67.9 Å². The first-order valence-corrected chi connectivity index (χ1v) is 37.8. The number of nitrogens with zero attached hydrogens (tertiary/aromatic N) is 8. The minimum atomic E-state index is 0.652. The largest absolute Gasteiger partial charge is 0.311 e. The summed E-state index contributed by atoms with van der Waals surface area (Å²) in [6.45, 7) is 0. The van der Waals surface area contributed by atoms with Crippen LogP contribution < -0.4 is 9.80 Å². The maximum absolute atomic E-state index is 4.68. The highest BCUT2D eigenvalue weighted by atomic mass is 15.2. The smallest absolute Gasteiger partial charge is 0.234 e. The molecule has 0 atom stereocenters. The number of fused-ring (bicyclic) bond motifs is 6. The van der Waals surface area contributed by atoms with Gasteiger partial charge in [0, 0.05) is 80.5 Å². The molecule has 112 heavy (non-hydrogen) atoms. The zero-order chi connectivity index (χ0) is 74.5. The fourth-order valence-electron chi connectivity index (χ4n) is 15.5. The molecule has 528 valence electrons. The van der Waals surface area contributed by atoms with E-state index in [1.165, 1.54) is 77.4 Å². The van der Waals surface area contributed by atoms with Crippen LogP contribution in [0.4, 0.5) is 34.1 Å². The Morgan fingerprint density at radius 3 is 0.688 bits per heavy atom. The van der Waals surface area contributed by atoms with Crippen LogP contribution in [0.5, 0.6) is 0 Å². The van der Waals surface area contributed by atoms with Gasteiger partial charge in [-0.1, -0.05) is 297 Å². The maximum atomic E-state index is 4.68. The molecule has 0 aliphatic rings. The zero-order valence-electron chi connectivity index (χ0n) is 61.1. The molecule has 0 aliphatic heterocycles. The average Bonchev–Trinajstić information content (AvgIpc) is 1.59. The number of hydrogen-bond donors (Lipinski definition) is 0. The summed E-state index contributed by atoms with van der Waals surface area (Å²) in [6, 6.07) is 147. The molecule has 8 nitrogen and oxygen atoms in total.